The predicted molar refractivity (Wildman–Crippen MR) is 72.3 cm³/mol. The van der Waals surface area contributed by atoms with E-state index in [1.165, 1.54) is 0 Å². The number of carbonyl (C=O) groups is 1. The third-order valence-corrected chi connectivity index (χ3v) is 3.70. The molecule has 1 N–H and O–H groups in total. The summed E-state index contributed by atoms with van der Waals surface area (Å²) in [7, 11) is 0. The van der Waals surface area contributed by atoms with Gasteiger partial charge in [0.15, 0.2) is 0 Å². The molecular formula is C14H13ClN2O2. The van der Waals surface area contributed by atoms with Gasteiger partial charge in [0.1, 0.15) is 11.9 Å². The Bertz CT molecular complexity index is 619. The van der Waals surface area contributed by atoms with Gasteiger partial charge in [-0.05, 0) is 25.0 Å². The fourth-order valence-corrected chi connectivity index (χ4v) is 2.61. The van der Waals surface area contributed by atoms with Crippen LogP contribution in [0.15, 0.2) is 30.5 Å². The van der Waals surface area contributed by atoms with Gasteiger partial charge in [-0.3, -0.25) is 0 Å². The summed E-state index contributed by atoms with van der Waals surface area (Å²) in [5.74, 6) is 0.0598. The minimum absolute atomic E-state index is 0.489. The van der Waals surface area contributed by atoms with E-state index in [0.717, 1.165) is 29.9 Å². The molecule has 4 nitrogen and oxygen atoms in total. The molecule has 0 saturated heterocycles. The van der Waals surface area contributed by atoms with Crippen LogP contribution >= 0.6 is 11.6 Å². The molecule has 2 heterocycles. The van der Waals surface area contributed by atoms with Crippen molar-refractivity contribution in [3.63, 3.8) is 0 Å². The van der Waals surface area contributed by atoms with Crippen molar-refractivity contribution in [3.8, 4) is 11.3 Å². The third-order valence-electron chi connectivity index (χ3n) is 3.45. The number of rotatable bonds is 2. The fourth-order valence-electron chi connectivity index (χ4n) is 2.48. The molecule has 19 heavy (non-hydrogen) atoms. The second-order valence-corrected chi connectivity index (χ2v) is 5.14. The number of nitrogens with zero attached hydrogens (tertiary/aromatic N) is 2. The lowest BCUT2D eigenvalue weighted by molar-refractivity contribution is -0.141. The highest BCUT2D eigenvalue weighted by atomic mass is 35.5. The zero-order chi connectivity index (χ0) is 13.4. The minimum atomic E-state index is -0.791. The predicted octanol–water partition coefficient (Wildman–Crippen LogP) is 3.17. The zero-order valence-corrected chi connectivity index (χ0v) is 11.0. The number of benzene rings is 1. The Morgan fingerprint density at radius 1 is 1.37 bits per heavy atom. The van der Waals surface area contributed by atoms with Gasteiger partial charge in [-0.25, -0.2) is 9.78 Å². The molecule has 0 aliphatic carbocycles. The topological polar surface area (TPSA) is 55.1 Å². The van der Waals surface area contributed by atoms with E-state index in [1.807, 2.05) is 30.5 Å². The minimum Gasteiger partial charge on any atom is -0.480 e. The van der Waals surface area contributed by atoms with Crippen LogP contribution in [-0.4, -0.2) is 20.6 Å². The van der Waals surface area contributed by atoms with Crippen molar-refractivity contribution in [2.75, 3.05) is 0 Å². The number of aryl methyl sites for hydroxylation is 1. The van der Waals surface area contributed by atoms with Gasteiger partial charge >= 0.3 is 5.97 Å². The number of hydrogen-bond acceptors (Lipinski definition) is 2. The third kappa shape index (κ3) is 2.24. The highest BCUT2D eigenvalue weighted by Gasteiger charge is 2.27. The number of halogens is 1. The summed E-state index contributed by atoms with van der Waals surface area (Å²) in [6, 6.07) is 6.92. The number of aliphatic carboxylic acids is 1. The van der Waals surface area contributed by atoms with E-state index in [2.05, 4.69) is 4.98 Å². The highest BCUT2D eigenvalue weighted by molar-refractivity contribution is 6.30. The van der Waals surface area contributed by atoms with Gasteiger partial charge in [0, 0.05) is 23.2 Å². The first-order valence-corrected chi connectivity index (χ1v) is 6.59. The van der Waals surface area contributed by atoms with E-state index < -0.39 is 12.0 Å². The molecule has 1 aliphatic heterocycles. The van der Waals surface area contributed by atoms with Crippen molar-refractivity contribution < 1.29 is 9.90 Å². The van der Waals surface area contributed by atoms with Crippen molar-refractivity contribution in [1.82, 2.24) is 9.55 Å². The molecule has 1 aromatic heterocycles. The van der Waals surface area contributed by atoms with E-state index >= 15 is 0 Å². The number of imidazole rings is 1. The van der Waals surface area contributed by atoms with Crippen LogP contribution in [0.1, 0.15) is 24.7 Å². The number of hydrogen-bond donors (Lipinski definition) is 1. The summed E-state index contributed by atoms with van der Waals surface area (Å²) >= 11 is 5.86. The first kappa shape index (κ1) is 12.2. The summed E-state index contributed by atoms with van der Waals surface area (Å²) in [6.45, 7) is 0. The first-order chi connectivity index (χ1) is 9.15. The van der Waals surface area contributed by atoms with Gasteiger partial charge in [0.25, 0.3) is 0 Å². The Balaban J connectivity index is 2.02. The van der Waals surface area contributed by atoms with Crippen LogP contribution in [0.5, 0.6) is 0 Å². The maximum absolute atomic E-state index is 11.2. The summed E-state index contributed by atoms with van der Waals surface area (Å²) in [5.41, 5.74) is 1.76. The maximum atomic E-state index is 11.2. The van der Waals surface area contributed by atoms with Gasteiger partial charge in [-0.1, -0.05) is 23.7 Å². The van der Waals surface area contributed by atoms with Crippen LogP contribution in [0.3, 0.4) is 0 Å². The summed E-state index contributed by atoms with van der Waals surface area (Å²) in [4.78, 5) is 15.8. The largest absolute Gasteiger partial charge is 0.480 e. The van der Waals surface area contributed by atoms with E-state index in [4.69, 9.17) is 11.6 Å². The molecule has 1 atom stereocenters. The van der Waals surface area contributed by atoms with Crippen LogP contribution in [-0.2, 0) is 11.2 Å². The van der Waals surface area contributed by atoms with E-state index in [-0.39, 0.29) is 0 Å². The normalized spacial score (nSPS) is 18.1. The molecule has 5 heteroatoms. The van der Waals surface area contributed by atoms with Crippen LogP contribution in [0, 0.1) is 0 Å². The molecule has 98 valence electrons. The number of aromatic nitrogens is 2. The van der Waals surface area contributed by atoms with Crippen LogP contribution in [0.4, 0.5) is 0 Å². The summed E-state index contributed by atoms with van der Waals surface area (Å²) in [5, 5.41) is 9.91. The molecule has 2 aromatic rings. The van der Waals surface area contributed by atoms with Gasteiger partial charge in [-0.2, -0.15) is 0 Å². The average molecular weight is 277 g/mol. The molecule has 1 unspecified atom stereocenters. The fraction of sp³-hybridized carbons (Fsp3) is 0.286. The maximum Gasteiger partial charge on any atom is 0.326 e. The van der Waals surface area contributed by atoms with E-state index in [1.54, 1.807) is 4.57 Å². The molecule has 3 rings (SSSR count). The second kappa shape index (κ2) is 4.70. The summed E-state index contributed by atoms with van der Waals surface area (Å²) < 4.78 is 1.79. The van der Waals surface area contributed by atoms with Gasteiger partial charge in [-0.15, -0.1) is 0 Å². The molecule has 0 spiro atoms. The molecule has 0 saturated carbocycles. The Kier molecular flexibility index (Phi) is 3.03. The average Bonchev–Trinajstić information content (AvgIpc) is 2.82. The molecule has 1 aromatic carbocycles. The number of carboxylic acid groups (broad SMARTS) is 1. The summed E-state index contributed by atoms with van der Waals surface area (Å²) in [6.07, 6.45) is 4.20. The van der Waals surface area contributed by atoms with Crippen molar-refractivity contribution >= 4 is 17.6 Å². The smallest absolute Gasteiger partial charge is 0.326 e. The van der Waals surface area contributed by atoms with Gasteiger partial charge in [0.2, 0.25) is 0 Å². The monoisotopic (exact) mass is 276 g/mol. The standard InChI is InChI=1S/C14H13ClN2O2/c15-10-6-4-9(5-7-10)11-8-17-12(14(18)19)2-1-3-13(17)16-11/h4-8,12H,1-3H2,(H,18,19). The lowest BCUT2D eigenvalue weighted by Gasteiger charge is -2.20. The number of fused-ring (bicyclic) bond motifs is 1. The molecule has 0 fully saturated rings. The van der Waals surface area contributed by atoms with Crippen molar-refractivity contribution in [2.24, 2.45) is 0 Å². The van der Waals surface area contributed by atoms with Gasteiger partial charge in [0.05, 0.1) is 5.69 Å². The van der Waals surface area contributed by atoms with Crippen LogP contribution in [0.2, 0.25) is 5.02 Å². The lowest BCUT2D eigenvalue weighted by Crippen LogP contribution is -2.24. The van der Waals surface area contributed by atoms with E-state index in [0.29, 0.717) is 11.4 Å². The Morgan fingerprint density at radius 2 is 2.11 bits per heavy atom. The van der Waals surface area contributed by atoms with Crippen LogP contribution < -0.4 is 0 Å². The van der Waals surface area contributed by atoms with Crippen LogP contribution in [0.25, 0.3) is 11.3 Å². The first-order valence-electron chi connectivity index (χ1n) is 6.21. The quantitative estimate of drug-likeness (QED) is 0.917. The van der Waals surface area contributed by atoms with Gasteiger partial charge < -0.3 is 9.67 Å². The van der Waals surface area contributed by atoms with Crippen molar-refractivity contribution in [2.45, 2.75) is 25.3 Å². The number of carboxylic acids is 1. The van der Waals surface area contributed by atoms with Crippen molar-refractivity contribution in [3.05, 3.63) is 41.3 Å². The Labute approximate surface area is 115 Å². The highest BCUT2D eigenvalue weighted by Crippen LogP contribution is 2.29. The molecule has 1 aliphatic rings. The SMILES string of the molecule is O=C(O)C1CCCc2nc(-c3ccc(Cl)cc3)cn21. The zero-order valence-electron chi connectivity index (χ0n) is 10.2. The molecule has 0 bridgehead atoms. The lowest BCUT2D eigenvalue weighted by atomic mass is 10.1. The second-order valence-electron chi connectivity index (χ2n) is 4.70. The molecular weight excluding hydrogens is 264 g/mol. The Hall–Kier alpha value is -1.81. The molecule has 0 radical (unpaired) electrons. The molecule has 0 amide bonds. The van der Waals surface area contributed by atoms with E-state index in [9.17, 15) is 9.90 Å². The Morgan fingerprint density at radius 3 is 2.79 bits per heavy atom. The van der Waals surface area contributed by atoms with Crippen molar-refractivity contribution in [1.29, 1.82) is 0 Å².